The van der Waals surface area contributed by atoms with E-state index in [1.807, 2.05) is 12.1 Å². The normalized spacial score (nSPS) is 19.6. The summed E-state index contributed by atoms with van der Waals surface area (Å²) in [6, 6.07) is 5.23. The third-order valence-corrected chi connectivity index (χ3v) is 5.88. The fourth-order valence-corrected chi connectivity index (χ4v) is 4.18. The zero-order chi connectivity index (χ0) is 19.9. The lowest BCUT2D eigenvalue weighted by Crippen LogP contribution is -2.15. The van der Waals surface area contributed by atoms with Gasteiger partial charge < -0.3 is 9.15 Å². The van der Waals surface area contributed by atoms with E-state index in [2.05, 4.69) is 13.5 Å². The topological polar surface area (TPSA) is 39.4 Å². The molecule has 1 aromatic heterocycles. The molecule has 0 aliphatic heterocycles. The van der Waals surface area contributed by atoms with Crippen LogP contribution in [0, 0.1) is 11.7 Å². The van der Waals surface area contributed by atoms with Gasteiger partial charge in [-0.1, -0.05) is 31.9 Å². The summed E-state index contributed by atoms with van der Waals surface area (Å²) < 4.78 is 25.9. The van der Waals surface area contributed by atoms with E-state index in [9.17, 15) is 9.18 Å². The lowest BCUT2D eigenvalue weighted by molar-refractivity contribution is 0.281. The summed E-state index contributed by atoms with van der Waals surface area (Å²) >= 11 is 0. The van der Waals surface area contributed by atoms with Crippen molar-refractivity contribution in [2.45, 2.75) is 70.6 Å². The highest BCUT2D eigenvalue weighted by Gasteiger charge is 2.25. The van der Waals surface area contributed by atoms with Crippen LogP contribution in [0.15, 0.2) is 40.1 Å². The minimum Gasteiger partial charge on any atom is -0.490 e. The first-order chi connectivity index (χ1) is 13.6. The number of halogens is 1. The number of allylic oxidation sites excluding steroid dienone is 1. The highest BCUT2D eigenvalue weighted by molar-refractivity contribution is 5.83. The maximum absolute atomic E-state index is 14.8. The molecule has 1 aromatic carbocycles. The van der Waals surface area contributed by atoms with E-state index in [-0.39, 0.29) is 17.1 Å². The molecule has 0 bridgehead atoms. The summed E-state index contributed by atoms with van der Waals surface area (Å²) in [5.41, 5.74) is -0.599. The third-order valence-electron chi connectivity index (χ3n) is 5.88. The minimum atomic E-state index is -0.609. The van der Waals surface area contributed by atoms with Crippen molar-refractivity contribution in [3.8, 4) is 5.75 Å². The van der Waals surface area contributed by atoms with Gasteiger partial charge in [0.05, 0.1) is 6.61 Å². The summed E-state index contributed by atoms with van der Waals surface area (Å²) in [6.45, 7) is 6.35. The smallest absolute Gasteiger partial charge is 0.346 e. The molecule has 4 heteroatoms. The maximum Gasteiger partial charge on any atom is 0.346 e. The number of hydrogen-bond donors (Lipinski definition) is 0. The molecule has 0 radical (unpaired) electrons. The quantitative estimate of drug-likeness (QED) is 0.354. The first kappa shape index (κ1) is 20.6. The number of ether oxygens (including phenoxy) is 1. The van der Waals surface area contributed by atoms with Crippen LogP contribution in [-0.2, 0) is 0 Å². The molecule has 1 aliphatic rings. The Bertz CT molecular complexity index is 847. The number of fused-ring (bicyclic) bond motifs is 1. The predicted molar refractivity (Wildman–Crippen MR) is 112 cm³/mol. The van der Waals surface area contributed by atoms with Crippen LogP contribution in [0.4, 0.5) is 4.39 Å². The van der Waals surface area contributed by atoms with Crippen LogP contribution in [0.25, 0.3) is 10.8 Å². The van der Waals surface area contributed by atoms with Gasteiger partial charge in [0.2, 0.25) is 0 Å². The predicted octanol–water partition coefficient (Wildman–Crippen LogP) is 6.74. The molecule has 1 aliphatic carbocycles. The van der Waals surface area contributed by atoms with Gasteiger partial charge in [-0.05, 0) is 68.4 Å². The highest BCUT2D eigenvalue weighted by Crippen LogP contribution is 2.38. The van der Waals surface area contributed by atoms with Crippen molar-refractivity contribution in [2.75, 3.05) is 6.61 Å². The second kappa shape index (κ2) is 9.90. The van der Waals surface area contributed by atoms with Crippen LogP contribution < -0.4 is 10.4 Å². The zero-order valence-corrected chi connectivity index (χ0v) is 16.8. The monoisotopic (exact) mass is 386 g/mol. The molecule has 0 atom stereocenters. The number of rotatable bonds is 9. The van der Waals surface area contributed by atoms with Gasteiger partial charge >= 0.3 is 5.63 Å². The zero-order valence-electron chi connectivity index (χ0n) is 16.8. The molecule has 0 saturated heterocycles. The van der Waals surface area contributed by atoms with Crippen LogP contribution in [0.5, 0.6) is 5.75 Å². The van der Waals surface area contributed by atoms with E-state index in [1.165, 1.54) is 6.42 Å². The third kappa shape index (κ3) is 4.84. The standard InChI is InChI=1S/C24H31FO3/c1-3-5-7-15-27-20-14-13-19-16-21(28-24(26)22(19)23(20)25)18-11-9-17(10-12-18)8-6-4-2/h4,13-14,16-18H,2-3,5-12,15H2,1H3. The lowest BCUT2D eigenvalue weighted by Gasteiger charge is -2.27. The molecule has 1 fully saturated rings. The molecule has 3 rings (SSSR count). The Morgan fingerprint density at radius 3 is 2.75 bits per heavy atom. The second-order valence-electron chi connectivity index (χ2n) is 7.92. The summed E-state index contributed by atoms with van der Waals surface area (Å²) in [7, 11) is 0. The van der Waals surface area contributed by atoms with Crippen LogP contribution in [0.1, 0.15) is 76.4 Å². The molecule has 28 heavy (non-hydrogen) atoms. The Balaban J connectivity index is 1.75. The molecular formula is C24H31FO3. The molecule has 0 unspecified atom stereocenters. The molecular weight excluding hydrogens is 355 g/mol. The SMILES string of the molecule is C=CCCC1CCC(c2cc3ccc(OCCCCC)c(F)c3c(=O)o2)CC1. The van der Waals surface area contributed by atoms with Gasteiger partial charge in [0.15, 0.2) is 11.6 Å². The Hall–Kier alpha value is -2.10. The summed E-state index contributed by atoms with van der Waals surface area (Å²) in [5, 5.41) is 0.592. The largest absolute Gasteiger partial charge is 0.490 e. The number of hydrogen-bond acceptors (Lipinski definition) is 3. The molecule has 0 spiro atoms. The van der Waals surface area contributed by atoms with Crippen molar-refractivity contribution in [3.05, 3.63) is 52.9 Å². The van der Waals surface area contributed by atoms with E-state index in [4.69, 9.17) is 9.15 Å². The second-order valence-corrected chi connectivity index (χ2v) is 7.92. The van der Waals surface area contributed by atoms with Crippen LogP contribution in [-0.4, -0.2) is 6.61 Å². The first-order valence-electron chi connectivity index (χ1n) is 10.6. The van der Waals surface area contributed by atoms with Gasteiger partial charge in [-0.15, -0.1) is 6.58 Å². The van der Waals surface area contributed by atoms with Crippen molar-refractivity contribution in [1.82, 2.24) is 0 Å². The van der Waals surface area contributed by atoms with Gasteiger partial charge in [0, 0.05) is 5.92 Å². The van der Waals surface area contributed by atoms with E-state index in [1.54, 1.807) is 12.1 Å². The van der Waals surface area contributed by atoms with Gasteiger partial charge in [-0.2, -0.15) is 0 Å². The maximum atomic E-state index is 14.8. The van der Waals surface area contributed by atoms with Crippen molar-refractivity contribution < 1.29 is 13.5 Å². The summed E-state index contributed by atoms with van der Waals surface area (Å²) in [6.07, 6.45) is 11.5. The summed E-state index contributed by atoms with van der Waals surface area (Å²) in [4.78, 5) is 12.5. The molecule has 0 N–H and O–H groups in total. The van der Waals surface area contributed by atoms with Crippen LogP contribution >= 0.6 is 0 Å². The minimum absolute atomic E-state index is 0.00332. The fraction of sp³-hybridized carbons (Fsp3) is 0.542. The Morgan fingerprint density at radius 1 is 1.25 bits per heavy atom. The van der Waals surface area contributed by atoms with Crippen molar-refractivity contribution in [2.24, 2.45) is 5.92 Å². The first-order valence-corrected chi connectivity index (χ1v) is 10.6. The average molecular weight is 387 g/mol. The highest BCUT2D eigenvalue weighted by atomic mass is 19.1. The van der Waals surface area contributed by atoms with Gasteiger partial charge in [0.25, 0.3) is 0 Å². The molecule has 1 heterocycles. The van der Waals surface area contributed by atoms with E-state index in [0.717, 1.165) is 57.3 Å². The van der Waals surface area contributed by atoms with Gasteiger partial charge in [0.1, 0.15) is 11.1 Å². The Morgan fingerprint density at radius 2 is 2.04 bits per heavy atom. The molecule has 3 nitrogen and oxygen atoms in total. The van der Waals surface area contributed by atoms with Gasteiger partial charge in [-0.25, -0.2) is 9.18 Å². The molecule has 2 aromatic rings. The summed E-state index contributed by atoms with van der Waals surface area (Å²) in [5.74, 6) is 1.18. The molecule has 0 amide bonds. The Labute approximate surface area is 166 Å². The van der Waals surface area contributed by atoms with E-state index < -0.39 is 11.4 Å². The Kier molecular flexibility index (Phi) is 7.30. The number of benzene rings is 1. The average Bonchev–Trinajstić information content (AvgIpc) is 2.71. The van der Waals surface area contributed by atoms with Crippen molar-refractivity contribution in [3.63, 3.8) is 0 Å². The van der Waals surface area contributed by atoms with E-state index >= 15 is 0 Å². The van der Waals surface area contributed by atoms with Gasteiger partial charge in [-0.3, -0.25) is 0 Å². The molecule has 1 saturated carbocycles. The fourth-order valence-electron chi connectivity index (χ4n) is 4.18. The van der Waals surface area contributed by atoms with Crippen molar-refractivity contribution >= 4 is 10.8 Å². The lowest BCUT2D eigenvalue weighted by atomic mass is 9.79. The van der Waals surface area contributed by atoms with E-state index in [0.29, 0.717) is 17.8 Å². The van der Waals surface area contributed by atoms with Crippen LogP contribution in [0.3, 0.4) is 0 Å². The van der Waals surface area contributed by atoms with Crippen molar-refractivity contribution in [1.29, 1.82) is 0 Å². The molecule has 152 valence electrons. The van der Waals surface area contributed by atoms with Crippen LogP contribution in [0.2, 0.25) is 0 Å². The number of unbranched alkanes of at least 4 members (excludes halogenated alkanes) is 2.